The van der Waals surface area contributed by atoms with Crippen molar-refractivity contribution in [3.8, 4) is 22.9 Å². The fourth-order valence-electron chi connectivity index (χ4n) is 2.38. The molecule has 3 aromatic carbocycles. The molecule has 0 saturated carbocycles. The zero-order valence-electron chi connectivity index (χ0n) is 13.7. The number of nitriles is 1. The molecule has 0 bridgehead atoms. The number of rotatable bonds is 4. The fourth-order valence-corrected chi connectivity index (χ4v) is 2.79. The zero-order valence-corrected chi connectivity index (χ0v) is 15.3. The lowest BCUT2D eigenvalue weighted by Gasteiger charge is -2.05. The normalized spacial score (nSPS) is 10.5. The minimum atomic E-state index is -0.434. The molecule has 3 rings (SSSR count). The number of nitrogens with zero attached hydrogens (tertiary/aromatic N) is 1. The number of halogens is 1. The quantitative estimate of drug-likeness (QED) is 0.323. The number of esters is 1. The Hall–Kier alpha value is -3.16. The standard InChI is InChI=1S/C22H14BrNO2/c23-20-3-1-2-16(14-20)6-13-22(25)26-21-11-9-19(10-12-21)18-7-4-17(15-24)5-8-18/h1-14H/b13-6+. The Balaban J connectivity index is 1.65. The van der Waals surface area contributed by atoms with Crippen LogP contribution in [0.15, 0.2) is 83.3 Å². The maximum absolute atomic E-state index is 11.9. The van der Waals surface area contributed by atoms with Gasteiger partial charge in [-0.05, 0) is 59.2 Å². The molecule has 0 radical (unpaired) electrons. The van der Waals surface area contributed by atoms with Crippen LogP contribution < -0.4 is 4.74 Å². The summed E-state index contributed by atoms with van der Waals surface area (Å²) in [4.78, 5) is 11.9. The molecule has 0 aliphatic carbocycles. The van der Waals surface area contributed by atoms with Crippen molar-refractivity contribution < 1.29 is 9.53 Å². The maximum Gasteiger partial charge on any atom is 0.336 e. The molecule has 0 N–H and O–H groups in total. The van der Waals surface area contributed by atoms with E-state index in [-0.39, 0.29) is 0 Å². The molecule has 0 saturated heterocycles. The number of hydrogen-bond acceptors (Lipinski definition) is 3. The van der Waals surface area contributed by atoms with Crippen molar-refractivity contribution >= 4 is 28.0 Å². The Morgan fingerprint density at radius 3 is 2.23 bits per heavy atom. The lowest BCUT2D eigenvalue weighted by atomic mass is 10.0. The predicted molar refractivity (Wildman–Crippen MR) is 105 cm³/mol. The summed E-state index contributed by atoms with van der Waals surface area (Å²) in [6, 6.07) is 24.3. The molecule has 3 nitrogen and oxygen atoms in total. The summed E-state index contributed by atoms with van der Waals surface area (Å²) >= 11 is 3.39. The third-order valence-corrected chi connectivity index (χ3v) is 4.17. The Labute approximate surface area is 160 Å². The van der Waals surface area contributed by atoms with Crippen molar-refractivity contribution in [2.75, 3.05) is 0 Å². The molecule has 0 spiro atoms. The van der Waals surface area contributed by atoms with Crippen LogP contribution in [-0.4, -0.2) is 5.97 Å². The Kier molecular flexibility index (Phi) is 5.62. The van der Waals surface area contributed by atoms with Crippen LogP contribution in [0.4, 0.5) is 0 Å². The molecule has 4 heteroatoms. The molecular formula is C22H14BrNO2. The Morgan fingerprint density at radius 2 is 1.62 bits per heavy atom. The SMILES string of the molecule is N#Cc1ccc(-c2ccc(OC(=O)/C=C/c3cccc(Br)c3)cc2)cc1. The van der Waals surface area contributed by atoms with Gasteiger partial charge in [0.05, 0.1) is 11.6 Å². The molecule has 3 aromatic rings. The monoisotopic (exact) mass is 403 g/mol. The molecule has 0 fully saturated rings. The third kappa shape index (κ3) is 4.69. The molecule has 0 aliphatic rings. The molecule has 0 heterocycles. The van der Waals surface area contributed by atoms with Crippen molar-refractivity contribution in [1.29, 1.82) is 5.26 Å². The van der Waals surface area contributed by atoms with Gasteiger partial charge in [0, 0.05) is 10.5 Å². The molecule has 0 aliphatic heterocycles. The van der Waals surface area contributed by atoms with Gasteiger partial charge in [0.15, 0.2) is 0 Å². The van der Waals surface area contributed by atoms with Crippen molar-refractivity contribution in [3.05, 3.63) is 94.5 Å². The van der Waals surface area contributed by atoms with E-state index in [1.54, 1.807) is 30.3 Å². The van der Waals surface area contributed by atoms with Gasteiger partial charge in [-0.25, -0.2) is 4.79 Å². The highest BCUT2D eigenvalue weighted by molar-refractivity contribution is 9.10. The van der Waals surface area contributed by atoms with Crippen LogP contribution in [0.1, 0.15) is 11.1 Å². The van der Waals surface area contributed by atoms with Gasteiger partial charge < -0.3 is 4.74 Å². The van der Waals surface area contributed by atoms with Crippen molar-refractivity contribution in [2.45, 2.75) is 0 Å². The summed E-state index contributed by atoms with van der Waals surface area (Å²) in [5, 5.41) is 8.84. The Bertz CT molecular complexity index is 984. The summed E-state index contributed by atoms with van der Waals surface area (Å²) < 4.78 is 6.26. The first kappa shape index (κ1) is 17.7. The highest BCUT2D eigenvalue weighted by Crippen LogP contribution is 2.23. The summed E-state index contributed by atoms with van der Waals surface area (Å²) in [5.41, 5.74) is 3.51. The van der Waals surface area contributed by atoms with E-state index in [1.807, 2.05) is 48.5 Å². The van der Waals surface area contributed by atoms with Crippen LogP contribution in [-0.2, 0) is 4.79 Å². The van der Waals surface area contributed by atoms with Crippen molar-refractivity contribution in [3.63, 3.8) is 0 Å². The summed E-state index contributed by atoms with van der Waals surface area (Å²) in [6.07, 6.45) is 3.11. The molecule has 0 amide bonds. The van der Waals surface area contributed by atoms with Crippen LogP contribution in [0.5, 0.6) is 5.75 Å². The average Bonchev–Trinajstić information content (AvgIpc) is 2.67. The maximum atomic E-state index is 11.9. The topological polar surface area (TPSA) is 50.1 Å². The summed E-state index contributed by atoms with van der Waals surface area (Å²) in [7, 11) is 0. The van der Waals surface area contributed by atoms with Gasteiger partial charge in [-0.1, -0.05) is 52.3 Å². The summed E-state index contributed by atoms with van der Waals surface area (Å²) in [6.45, 7) is 0. The number of carbonyl (C=O) groups is 1. The van der Waals surface area contributed by atoms with Gasteiger partial charge in [-0.3, -0.25) is 0 Å². The molecule has 0 atom stereocenters. The van der Waals surface area contributed by atoms with E-state index < -0.39 is 5.97 Å². The predicted octanol–water partition coefficient (Wildman–Crippen LogP) is 5.61. The van der Waals surface area contributed by atoms with Crippen molar-refractivity contribution in [1.82, 2.24) is 0 Å². The molecule has 126 valence electrons. The largest absolute Gasteiger partial charge is 0.423 e. The second-order valence-corrected chi connectivity index (χ2v) is 6.44. The van der Waals surface area contributed by atoms with E-state index in [4.69, 9.17) is 10.00 Å². The first-order valence-corrected chi connectivity index (χ1v) is 8.69. The number of ether oxygens (including phenoxy) is 1. The van der Waals surface area contributed by atoms with E-state index in [0.717, 1.165) is 21.2 Å². The van der Waals surface area contributed by atoms with Gasteiger partial charge >= 0.3 is 5.97 Å². The summed E-state index contributed by atoms with van der Waals surface area (Å²) in [5.74, 6) is 0.0439. The van der Waals surface area contributed by atoms with Gasteiger partial charge in [0.25, 0.3) is 0 Å². The van der Waals surface area contributed by atoms with E-state index in [1.165, 1.54) is 6.08 Å². The van der Waals surface area contributed by atoms with Gasteiger partial charge in [0.2, 0.25) is 0 Å². The highest BCUT2D eigenvalue weighted by Gasteiger charge is 2.03. The Morgan fingerprint density at radius 1 is 0.962 bits per heavy atom. The van der Waals surface area contributed by atoms with E-state index >= 15 is 0 Å². The van der Waals surface area contributed by atoms with E-state index in [2.05, 4.69) is 22.0 Å². The number of hydrogen-bond donors (Lipinski definition) is 0. The second kappa shape index (κ2) is 8.28. The molecular weight excluding hydrogens is 390 g/mol. The number of benzene rings is 3. The highest BCUT2D eigenvalue weighted by atomic mass is 79.9. The van der Waals surface area contributed by atoms with Gasteiger partial charge in [-0.15, -0.1) is 0 Å². The zero-order chi connectivity index (χ0) is 18.4. The van der Waals surface area contributed by atoms with Crippen LogP contribution in [0.3, 0.4) is 0 Å². The van der Waals surface area contributed by atoms with E-state index in [0.29, 0.717) is 11.3 Å². The van der Waals surface area contributed by atoms with Gasteiger partial charge in [0.1, 0.15) is 5.75 Å². The van der Waals surface area contributed by atoms with Crippen LogP contribution in [0.25, 0.3) is 17.2 Å². The van der Waals surface area contributed by atoms with Gasteiger partial charge in [-0.2, -0.15) is 5.26 Å². The average molecular weight is 404 g/mol. The van der Waals surface area contributed by atoms with Crippen LogP contribution >= 0.6 is 15.9 Å². The fraction of sp³-hybridized carbons (Fsp3) is 0. The molecule has 0 unspecified atom stereocenters. The number of carbonyl (C=O) groups excluding carboxylic acids is 1. The second-order valence-electron chi connectivity index (χ2n) is 5.52. The van der Waals surface area contributed by atoms with Crippen molar-refractivity contribution in [2.24, 2.45) is 0 Å². The minimum Gasteiger partial charge on any atom is -0.423 e. The lowest BCUT2D eigenvalue weighted by molar-refractivity contribution is -0.128. The van der Waals surface area contributed by atoms with Crippen LogP contribution in [0, 0.1) is 11.3 Å². The molecule has 26 heavy (non-hydrogen) atoms. The van der Waals surface area contributed by atoms with E-state index in [9.17, 15) is 4.79 Å². The minimum absolute atomic E-state index is 0.434. The molecule has 0 aromatic heterocycles. The first-order valence-electron chi connectivity index (χ1n) is 7.90. The first-order chi connectivity index (χ1) is 12.6. The third-order valence-electron chi connectivity index (χ3n) is 3.68. The lowest BCUT2D eigenvalue weighted by Crippen LogP contribution is -2.03. The van der Waals surface area contributed by atoms with Crippen LogP contribution in [0.2, 0.25) is 0 Å². The smallest absolute Gasteiger partial charge is 0.336 e.